The molecule has 1 nitrogen and oxygen atoms in total. The van der Waals surface area contributed by atoms with E-state index < -0.39 is 0 Å². The van der Waals surface area contributed by atoms with Crippen LogP contribution in [0.3, 0.4) is 0 Å². The quantitative estimate of drug-likeness (QED) is 0.222. The van der Waals surface area contributed by atoms with E-state index in [-0.39, 0.29) is 16.2 Å². The van der Waals surface area contributed by atoms with E-state index in [1.807, 2.05) is 0 Å². The van der Waals surface area contributed by atoms with Gasteiger partial charge in [-0.1, -0.05) is 114 Å². The van der Waals surface area contributed by atoms with Crippen LogP contribution in [0, 0.1) is 6.92 Å². The molecule has 0 atom stereocenters. The lowest BCUT2D eigenvalue weighted by molar-refractivity contribution is 0.332. The van der Waals surface area contributed by atoms with Gasteiger partial charge in [-0.25, -0.2) is 0 Å². The zero-order valence-electron chi connectivity index (χ0n) is 25.6. The summed E-state index contributed by atoms with van der Waals surface area (Å²) in [5.74, 6) is 0. The van der Waals surface area contributed by atoms with Crippen LogP contribution in [-0.2, 0) is 16.2 Å². The number of nitrogens with zero attached hydrogens (tertiary/aromatic N) is 1. The van der Waals surface area contributed by atoms with Gasteiger partial charge in [0, 0.05) is 22.2 Å². The van der Waals surface area contributed by atoms with E-state index in [2.05, 4.69) is 150 Å². The zero-order valence-corrected chi connectivity index (χ0v) is 25.6. The van der Waals surface area contributed by atoms with Crippen LogP contribution in [0.5, 0.6) is 0 Å². The molecular weight excluding hydrogens is 494 g/mol. The summed E-state index contributed by atoms with van der Waals surface area (Å²) in [6, 6.07) is 36.6. The Morgan fingerprint density at radius 2 is 1.17 bits per heavy atom. The molecule has 1 heteroatoms. The molecule has 5 aromatic rings. The van der Waals surface area contributed by atoms with E-state index in [4.69, 9.17) is 0 Å². The molecule has 0 N–H and O–H groups in total. The van der Waals surface area contributed by atoms with Crippen molar-refractivity contribution in [3.8, 4) is 11.1 Å². The molecule has 0 fully saturated rings. The Labute approximate surface area is 245 Å². The second-order valence-electron chi connectivity index (χ2n) is 14.2. The van der Waals surface area contributed by atoms with E-state index in [0.717, 1.165) is 0 Å². The molecule has 5 aromatic carbocycles. The number of hydrogen-bond acceptors (Lipinski definition) is 1. The lowest BCUT2D eigenvalue weighted by atomic mass is 9.63. The van der Waals surface area contributed by atoms with Crippen LogP contribution >= 0.6 is 0 Å². The fourth-order valence-electron chi connectivity index (χ4n) is 7.59. The van der Waals surface area contributed by atoms with E-state index >= 15 is 0 Å². The molecule has 0 bridgehead atoms. The first-order chi connectivity index (χ1) is 19.5. The minimum Gasteiger partial charge on any atom is -0.310 e. The van der Waals surface area contributed by atoms with Crippen molar-refractivity contribution in [2.24, 2.45) is 0 Å². The van der Waals surface area contributed by atoms with E-state index in [1.54, 1.807) is 0 Å². The van der Waals surface area contributed by atoms with Crippen molar-refractivity contribution in [1.82, 2.24) is 0 Å². The minimum atomic E-state index is -0.0523. The van der Waals surface area contributed by atoms with Gasteiger partial charge in [-0.3, -0.25) is 0 Å². The average Bonchev–Trinajstić information content (AvgIpc) is 3.18. The maximum absolute atomic E-state index is 2.54. The summed E-state index contributed by atoms with van der Waals surface area (Å²) in [7, 11) is 0. The first-order valence-electron chi connectivity index (χ1n) is 15.2. The van der Waals surface area contributed by atoms with Gasteiger partial charge in [0.2, 0.25) is 0 Å². The summed E-state index contributed by atoms with van der Waals surface area (Å²) < 4.78 is 0. The van der Waals surface area contributed by atoms with Crippen molar-refractivity contribution in [3.63, 3.8) is 0 Å². The second kappa shape index (κ2) is 8.83. The largest absolute Gasteiger partial charge is 0.310 e. The monoisotopic (exact) mass is 535 g/mol. The number of benzene rings is 5. The molecule has 7 rings (SSSR count). The number of fused-ring (bicyclic) bond motifs is 5. The lowest BCUT2D eigenvalue weighted by Crippen LogP contribution is -2.34. The maximum Gasteiger partial charge on any atom is 0.0540 e. The SMILES string of the molecule is Cc1cc2c(cc1N(c1ccc3c(c1)C(C)(C)c1ccccc1-3)c1cccc3ccccc13)C(C)(C)CCC2(C)C. The van der Waals surface area contributed by atoms with Gasteiger partial charge >= 0.3 is 0 Å². The third-order valence-corrected chi connectivity index (χ3v) is 10.2. The zero-order chi connectivity index (χ0) is 28.7. The Balaban J connectivity index is 1.51. The molecule has 0 saturated heterocycles. The van der Waals surface area contributed by atoms with Gasteiger partial charge in [0.15, 0.2) is 0 Å². The molecular formula is C40H41N. The number of aryl methyl sites for hydroxylation is 1. The van der Waals surface area contributed by atoms with Gasteiger partial charge in [0.25, 0.3) is 0 Å². The maximum atomic E-state index is 2.54. The first kappa shape index (κ1) is 26.1. The van der Waals surface area contributed by atoms with Crippen LogP contribution in [0.15, 0.2) is 97.1 Å². The summed E-state index contributed by atoms with van der Waals surface area (Å²) in [5, 5.41) is 2.54. The van der Waals surface area contributed by atoms with Gasteiger partial charge in [-0.05, 0) is 99.2 Å². The Morgan fingerprint density at radius 3 is 1.95 bits per heavy atom. The minimum absolute atomic E-state index is 0.0523. The highest BCUT2D eigenvalue weighted by Crippen LogP contribution is 2.53. The number of hydrogen-bond donors (Lipinski definition) is 0. The molecule has 0 spiro atoms. The van der Waals surface area contributed by atoms with Crippen molar-refractivity contribution in [1.29, 1.82) is 0 Å². The van der Waals surface area contributed by atoms with E-state index in [9.17, 15) is 0 Å². The summed E-state index contributed by atoms with van der Waals surface area (Å²) >= 11 is 0. The molecule has 0 unspecified atom stereocenters. The molecule has 41 heavy (non-hydrogen) atoms. The van der Waals surface area contributed by atoms with E-state index in [0.29, 0.717) is 0 Å². The van der Waals surface area contributed by atoms with Crippen LogP contribution in [0.25, 0.3) is 21.9 Å². The molecule has 2 aliphatic rings. The van der Waals surface area contributed by atoms with Crippen LogP contribution in [0.4, 0.5) is 17.1 Å². The fraction of sp³-hybridized carbons (Fsp3) is 0.300. The van der Waals surface area contributed by atoms with Crippen LogP contribution in [0.1, 0.15) is 82.2 Å². The highest BCUT2D eigenvalue weighted by molar-refractivity contribution is 5.99. The third-order valence-electron chi connectivity index (χ3n) is 10.2. The highest BCUT2D eigenvalue weighted by atomic mass is 15.1. The van der Waals surface area contributed by atoms with Crippen molar-refractivity contribution < 1.29 is 0 Å². The molecule has 0 heterocycles. The lowest BCUT2D eigenvalue weighted by Gasteiger charge is -2.43. The molecule has 2 aliphatic carbocycles. The Bertz CT molecular complexity index is 1830. The topological polar surface area (TPSA) is 3.24 Å². The molecule has 0 amide bonds. The normalized spacial score (nSPS) is 17.5. The van der Waals surface area contributed by atoms with Crippen molar-refractivity contribution >= 4 is 27.8 Å². The van der Waals surface area contributed by atoms with E-state index in [1.165, 1.54) is 79.6 Å². The molecule has 0 saturated carbocycles. The Hall–Kier alpha value is -3.84. The third kappa shape index (κ3) is 3.89. The van der Waals surface area contributed by atoms with Gasteiger partial charge in [0.1, 0.15) is 0 Å². The summed E-state index contributed by atoms with van der Waals surface area (Å²) in [5.41, 5.74) is 13.9. The number of rotatable bonds is 3. The summed E-state index contributed by atoms with van der Waals surface area (Å²) in [6.45, 7) is 16.7. The first-order valence-corrected chi connectivity index (χ1v) is 15.2. The molecule has 0 radical (unpaired) electrons. The molecule has 0 aromatic heterocycles. The molecule has 0 aliphatic heterocycles. The summed E-state index contributed by atoms with van der Waals surface area (Å²) in [4.78, 5) is 2.54. The van der Waals surface area contributed by atoms with Crippen molar-refractivity contribution in [3.05, 3.63) is 125 Å². The van der Waals surface area contributed by atoms with Crippen molar-refractivity contribution in [2.45, 2.75) is 77.6 Å². The standard InChI is InChI=1S/C40H41N/c1-26-23-34-35(39(4,5)22-21-38(34,2)3)25-37(26)41(36-18-12-14-27-13-8-9-15-29(27)36)28-19-20-31-30-16-10-11-17-32(30)40(6,7)33(31)24-28/h8-20,23-25H,21-22H2,1-7H3. The van der Waals surface area contributed by atoms with Gasteiger partial charge in [-0.15, -0.1) is 0 Å². The van der Waals surface area contributed by atoms with Gasteiger partial charge in [-0.2, -0.15) is 0 Å². The van der Waals surface area contributed by atoms with Crippen LogP contribution in [-0.4, -0.2) is 0 Å². The predicted octanol–water partition coefficient (Wildman–Crippen LogP) is 11.3. The Morgan fingerprint density at radius 1 is 0.537 bits per heavy atom. The van der Waals surface area contributed by atoms with Crippen LogP contribution < -0.4 is 4.90 Å². The highest BCUT2D eigenvalue weighted by Gasteiger charge is 2.39. The summed E-state index contributed by atoms with van der Waals surface area (Å²) in [6.07, 6.45) is 2.42. The van der Waals surface area contributed by atoms with Gasteiger partial charge < -0.3 is 4.90 Å². The van der Waals surface area contributed by atoms with Crippen LogP contribution in [0.2, 0.25) is 0 Å². The fourth-order valence-corrected chi connectivity index (χ4v) is 7.59. The Kier molecular flexibility index (Phi) is 5.62. The average molecular weight is 536 g/mol. The van der Waals surface area contributed by atoms with Gasteiger partial charge in [0.05, 0.1) is 5.69 Å². The smallest absolute Gasteiger partial charge is 0.0540 e. The second-order valence-corrected chi connectivity index (χ2v) is 14.2. The predicted molar refractivity (Wildman–Crippen MR) is 176 cm³/mol. The number of anilines is 3. The molecule has 206 valence electrons. The van der Waals surface area contributed by atoms with Crippen molar-refractivity contribution in [2.75, 3.05) is 4.90 Å².